The van der Waals surface area contributed by atoms with Crippen molar-refractivity contribution in [3.05, 3.63) is 106 Å². The number of methoxy groups -OCH3 is 1. The smallest absolute Gasteiger partial charge is 0.124 e. The van der Waals surface area contributed by atoms with Gasteiger partial charge in [0.05, 0.1) is 12.1 Å². The van der Waals surface area contributed by atoms with Crippen molar-refractivity contribution in [3.63, 3.8) is 0 Å². The number of rotatable bonds is 8. The molecule has 0 aliphatic rings. The van der Waals surface area contributed by atoms with Crippen LogP contribution < -0.4 is 14.8 Å². The highest BCUT2D eigenvalue weighted by molar-refractivity contribution is 6.31. The molecule has 3 nitrogen and oxygen atoms in total. The topological polar surface area (TPSA) is 30.5 Å². The van der Waals surface area contributed by atoms with Crippen LogP contribution in [0.3, 0.4) is 0 Å². The van der Waals surface area contributed by atoms with Gasteiger partial charge in [-0.1, -0.05) is 60.1 Å². The Balaban J connectivity index is 1.53. The zero-order valence-electron chi connectivity index (χ0n) is 17.2. The zero-order chi connectivity index (χ0) is 21.6. The number of halogens is 2. The second-order valence-corrected chi connectivity index (χ2v) is 7.65. The predicted molar refractivity (Wildman–Crippen MR) is 123 cm³/mol. The van der Waals surface area contributed by atoms with Crippen LogP contribution in [0.1, 0.15) is 16.7 Å². The fourth-order valence-electron chi connectivity index (χ4n) is 3.50. The van der Waals surface area contributed by atoms with Gasteiger partial charge in [-0.2, -0.15) is 0 Å². The second-order valence-electron chi connectivity index (χ2n) is 7.24. The summed E-state index contributed by atoms with van der Waals surface area (Å²) in [6, 6.07) is 24.6. The molecule has 0 aliphatic carbocycles. The Morgan fingerprint density at radius 1 is 0.903 bits per heavy atom. The minimum absolute atomic E-state index is 0.267. The first-order valence-corrected chi connectivity index (χ1v) is 10.4. The van der Waals surface area contributed by atoms with Crippen LogP contribution >= 0.6 is 11.6 Å². The van der Waals surface area contributed by atoms with E-state index in [1.807, 2.05) is 48.5 Å². The Morgan fingerprint density at radius 3 is 2.48 bits per heavy atom. The van der Waals surface area contributed by atoms with Crippen LogP contribution in [0.4, 0.5) is 4.39 Å². The summed E-state index contributed by atoms with van der Waals surface area (Å²) >= 11 is 6.16. The maximum Gasteiger partial charge on any atom is 0.124 e. The van der Waals surface area contributed by atoms with E-state index in [1.54, 1.807) is 13.2 Å². The molecule has 0 radical (unpaired) electrons. The molecule has 0 fully saturated rings. The molecule has 158 valence electrons. The average Bonchev–Trinajstić information content (AvgIpc) is 2.79. The standard InChI is InChI=1S/C26H23ClFNO2/c1-30-22-11-6-18(7-12-22)15-29-16-24-23-5-3-2-4-19(23)9-13-26(24)31-17-20-8-10-21(28)14-25(20)27/h2-14,29H,15-17H2,1H3. The van der Waals surface area contributed by atoms with Crippen LogP contribution in [0, 0.1) is 5.82 Å². The SMILES string of the molecule is COc1ccc(CNCc2c(OCc3ccc(F)cc3Cl)ccc3ccccc23)cc1. The monoisotopic (exact) mass is 435 g/mol. The highest BCUT2D eigenvalue weighted by Crippen LogP contribution is 2.29. The van der Waals surface area contributed by atoms with Crippen molar-refractivity contribution in [2.24, 2.45) is 0 Å². The Bertz CT molecular complexity index is 1180. The van der Waals surface area contributed by atoms with Crippen LogP contribution in [0.25, 0.3) is 10.8 Å². The predicted octanol–water partition coefficient (Wildman–Crippen LogP) is 6.51. The summed E-state index contributed by atoms with van der Waals surface area (Å²) in [5.74, 6) is 1.26. The van der Waals surface area contributed by atoms with E-state index < -0.39 is 0 Å². The number of hydrogen-bond donors (Lipinski definition) is 1. The van der Waals surface area contributed by atoms with Gasteiger partial charge >= 0.3 is 0 Å². The molecule has 0 spiro atoms. The molecular weight excluding hydrogens is 413 g/mol. The number of hydrogen-bond acceptors (Lipinski definition) is 3. The van der Waals surface area contributed by atoms with Gasteiger partial charge in [-0.3, -0.25) is 0 Å². The molecule has 0 aliphatic heterocycles. The van der Waals surface area contributed by atoms with Gasteiger partial charge in [0.1, 0.15) is 23.9 Å². The Kier molecular flexibility index (Phi) is 6.70. The van der Waals surface area contributed by atoms with E-state index in [0.29, 0.717) is 11.6 Å². The van der Waals surface area contributed by atoms with Crippen molar-refractivity contribution < 1.29 is 13.9 Å². The number of benzene rings is 4. The maximum atomic E-state index is 13.3. The lowest BCUT2D eigenvalue weighted by Gasteiger charge is -2.16. The quantitative estimate of drug-likeness (QED) is 0.342. The minimum Gasteiger partial charge on any atom is -0.497 e. The summed E-state index contributed by atoms with van der Waals surface area (Å²) in [6.45, 7) is 1.62. The van der Waals surface area contributed by atoms with E-state index in [9.17, 15) is 4.39 Å². The molecule has 4 aromatic carbocycles. The van der Waals surface area contributed by atoms with E-state index in [4.69, 9.17) is 21.1 Å². The highest BCUT2D eigenvalue weighted by Gasteiger charge is 2.11. The lowest BCUT2D eigenvalue weighted by Crippen LogP contribution is -2.14. The highest BCUT2D eigenvalue weighted by atomic mass is 35.5. The number of ether oxygens (including phenoxy) is 2. The van der Waals surface area contributed by atoms with Gasteiger partial charge in [0, 0.05) is 24.2 Å². The van der Waals surface area contributed by atoms with Crippen LogP contribution in [-0.4, -0.2) is 7.11 Å². The molecule has 4 rings (SSSR count). The van der Waals surface area contributed by atoms with Crippen LogP contribution in [0.15, 0.2) is 78.9 Å². The Labute approximate surface area is 186 Å². The molecule has 31 heavy (non-hydrogen) atoms. The van der Waals surface area contributed by atoms with Gasteiger partial charge in [0.2, 0.25) is 0 Å². The third-order valence-electron chi connectivity index (χ3n) is 5.19. The average molecular weight is 436 g/mol. The van der Waals surface area contributed by atoms with Gasteiger partial charge in [-0.05, 0) is 46.7 Å². The molecule has 0 unspecified atom stereocenters. The van der Waals surface area contributed by atoms with Gasteiger partial charge in [0.15, 0.2) is 0 Å². The van der Waals surface area contributed by atoms with Crippen molar-refractivity contribution in [1.29, 1.82) is 0 Å². The molecule has 5 heteroatoms. The van der Waals surface area contributed by atoms with Gasteiger partial charge < -0.3 is 14.8 Å². The summed E-state index contributed by atoms with van der Waals surface area (Å²) in [5, 5.41) is 6.15. The molecule has 0 amide bonds. The normalized spacial score (nSPS) is 10.9. The summed E-state index contributed by atoms with van der Waals surface area (Å²) in [6.07, 6.45) is 0. The van der Waals surface area contributed by atoms with E-state index in [0.717, 1.165) is 39.9 Å². The molecule has 0 heterocycles. The number of nitrogens with one attached hydrogen (secondary N) is 1. The molecule has 0 atom stereocenters. The van der Waals surface area contributed by atoms with E-state index >= 15 is 0 Å². The minimum atomic E-state index is -0.358. The van der Waals surface area contributed by atoms with Crippen LogP contribution in [0.2, 0.25) is 5.02 Å². The molecule has 1 N–H and O–H groups in total. The van der Waals surface area contributed by atoms with Crippen LogP contribution in [-0.2, 0) is 19.7 Å². The first-order chi connectivity index (χ1) is 15.1. The fourth-order valence-corrected chi connectivity index (χ4v) is 3.72. The first kappa shape index (κ1) is 21.2. The lowest BCUT2D eigenvalue weighted by atomic mass is 10.0. The molecule has 0 aromatic heterocycles. The third kappa shape index (κ3) is 5.16. The Morgan fingerprint density at radius 2 is 1.71 bits per heavy atom. The van der Waals surface area contributed by atoms with Crippen molar-refractivity contribution in [3.8, 4) is 11.5 Å². The van der Waals surface area contributed by atoms with E-state index in [-0.39, 0.29) is 12.4 Å². The van der Waals surface area contributed by atoms with Crippen LogP contribution in [0.5, 0.6) is 11.5 Å². The first-order valence-electron chi connectivity index (χ1n) is 10.0. The zero-order valence-corrected chi connectivity index (χ0v) is 18.0. The third-order valence-corrected chi connectivity index (χ3v) is 5.54. The largest absolute Gasteiger partial charge is 0.497 e. The lowest BCUT2D eigenvalue weighted by molar-refractivity contribution is 0.302. The summed E-state index contributed by atoms with van der Waals surface area (Å²) in [7, 11) is 1.66. The number of fused-ring (bicyclic) bond motifs is 1. The van der Waals surface area contributed by atoms with Gasteiger partial charge in [0.25, 0.3) is 0 Å². The van der Waals surface area contributed by atoms with E-state index in [2.05, 4.69) is 17.4 Å². The molecule has 0 bridgehead atoms. The Hall–Kier alpha value is -3.08. The van der Waals surface area contributed by atoms with Crippen molar-refractivity contribution in [1.82, 2.24) is 5.32 Å². The van der Waals surface area contributed by atoms with Crippen molar-refractivity contribution >= 4 is 22.4 Å². The van der Waals surface area contributed by atoms with E-state index in [1.165, 1.54) is 17.7 Å². The summed E-state index contributed by atoms with van der Waals surface area (Å²) in [5.41, 5.74) is 2.99. The van der Waals surface area contributed by atoms with Crippen molar-refractivity contribution in [2.75, 3.05) is 7.11 Å². The fraction of sp³-hybridized carbons (Fsp3) is 0.154. The van der Waals surface area contributed by atoms with Gasteiger partial charge in [-0.15, -0.1) is 0 Å². The molecule has 0 saturated carbocycles. The van der Waals surface area contributed by atoms with Gasteiger partial charge in [-0.25, -0.2) is 4.39 Å². The summed E-state index contributed by atoms with van der Waals surface area (Å²) < 4.78 is 24.7. The molecule has 4 aromatic rings. The molecular formula is C26H23ClFNO2. The molecule has 0 saturated heterocycles. The summed E-state index contributed by atoms with van der Waals surface area (Å²) in [4.78, 5) is 0. The second kappa shape index (κ2) is 9.82. The maximum absolute atomic E-state index is 13.3. The van der Waals surface area contributed by atoms with Crippen molar-refractivity contribution in [2.45, 2.75) is 19.7 Å².